The van der Waals surface area contributed by atoms with Crippen molar-refractivity contribution in [3.63, 3.8) is 0 Å². The smallest absolute Gasteiger partial charge is 0.382 e. The summed E-state index contributed by atoms with van der Waals surface area (Å²) >= 11 is 0. The fourth-order valence-electron chi connectivity index (χ4n) is 2.17. The zero-order valence-corrected chi connectivity index (χ0v) is 12.0. The number of rotatable bonds is 2. The van der Waals surface area contributed by atoms with Gasteiger partial charge in [0.25, 0.3) is 0 Å². The number of benzene rings is 1. The molecule has 0 aliphatic carbocycles. The van der Waals surface area contributed by atoms with Gasteiger partial charge in [-0.2, -0.15) is 28.2 Å². The van der Waals surface area contributed by atoms with Gasteiger partial charge in [0.1, 0.15) is 29.5 Å². The summed E-state index contributed by atoms with van der Waals surface area (Å²) in [6.07, 6.45) is -1.77. The first kappa shape index (κ1) is 15.5. The van der Waals surface area contributed by atoms with Crippen LogP contribution in [0.3, 0.4) is 0 Å². The number of hydrogen-bond acceptors (Lipinski definition) is 5. The summed E-state index contributed by atoms with van der Waals surface area (Å²) in [5, 5.41) is 13.5. The first-order valence-corrected chi connectivity index (χ1v) is 6.64. The molecule has 0 saturated carbocycles. The predicted octanol–water partition coefficient (Wildman–Crippen LogP) is 2.80. The third-order valence-corrected chi connectivity index (χ3v) is 3.28. The minimum atomic E-state index is -4.50. The number of hydrogen-bond donors (Lipinski definition) is 1. The van der Waals surface area contributed by atoms with Gasteiger partial charge < -0.3 is 5.73 Å². The van der Waals surface area contributed by atoms with Crippen LogP contribution in [0.15, 0.2) is 42.9 Å². The minimum absolute atomic E-state index is 0.0105. The lowest BCUT2D eigenvalue weighted by Crippen LogP contribution is -2.05. The van der Waals surface area contributed by atoms with Gasteiger partial charge in [-0.15, -0.1) is 0 Å². The molecule has 6 nitrogen and oxygen atoms in total. The molecule has 0 amide bonds. The van der Waals surface area contributed by atoms with Gasteiger partial charge in [0.2, 0.25) is 0 Å². The Labute approximate surface area is 134 Å². The Morgan fingerprint density at radius 2 is 2.00 bits per heavy atom. The van der Waals surface area contributed by atoms with Crippen LogP contribution in [0.5, 0.6) is 0 Å². The van der Waals surface area contributed by atoms with Crippen LogP contribution in [0.4, 0.5) is 19.0 Å². The fraction of sp³-hybridized carbons (Fsp3) is 0.0667. The lowest BCUT2D eigenvalue weighted by atomic mass is 10.1. The fourth-order valence-corrected chi connectivity index (χ4v) is 2.17. The minimum Gasteiger partial charge on any atom is -0.382 e. The first-order chi connectivity index (χ1) is 11.4. The molecular formula is C15H9F3N6. The average Bonchev–Trinajstić information content (AvgIpc) is 2.91. The van der Waals surface area contributed by atoms with Gasteiger partial charge in [0.15, 0.2) is 5.82 Å². The number of nitrogen functional groups attached to an aromatic ring is 1. The molecular weight excluding hydrogens is 321 g/mol. The van der Waals surface area contributed by atoms with Crippen molar-refractivity contribution < 1.29 is 13.2 Å². The standard InChI is InChI=1S/C15H9F3N6/c16-15(17,18)10-3-1-2-9(6-10)13-11(7-19)14(20)24(23-13)12-4-5-21-8-22-12/h1-6,8H,20H2. The topological polar surface area (TPSA) is 93.4 Å². The molecule has 2 aromatic heterocycles. The molecule has 0 fully saturated rings. The molecule has 0 aliphatic rings. The van der Waals surface area contributed by atoms with E-state index >= 15 is 0 Å². The molecule has 0 radical (unpaired) electrons. The molecule has 3 rings (SSSR count). The molecule has 2 N–H and O–H groups in total. The van der Waals surface area contributed by atoms with E-state index in [2.05, 4.69) is 15.1 Å². The maximum Gasteiger partial charge on any atom is 0.416 e. The van der Waals surface area contributed by atoms with Crippen molar-refractivity contribution in [2.75, 3.05) is 5.73 Å². The Kier molecular flexibility index (Phi) is 3.65. The molecule has 0 saturated heterocycles. The van der Waals surface area contributed by atoms with Crippen molar-refractivity contribution in [2.24, 2.45) is 0 Å². The average molecular weight is 330 g/mol. The van der Waals surface area contributed by atoms with Gasteiger partial charge in [-0.05, 0) is 12.1 Å². The van der Waals surface area contributed by atoms with Crippen LogP contribution in [0.2, 0.25) is 0 Å². The summed E-state index contributed by atoms with van der Waals surface area (Å²) in [5.74, 6) is 0.292. The molecule has 0 unspecified atom stereocenters. The maximum atomic E-state index is 12.9. The number of nitriles is 1. The van der Waals surface area contributed by atoms with E-state index in [0.717, 1.165) is 12.1 Å². The molecule has 0 aliphatic heterocycles. The van der Waals surface area contributed by atoms with Gasteiger partial charge in [0.05, 0.1) is 5.56 Å². The van der Waals surface area contributed by atoms with Crippen LogP contribution < -0.4 is 5.73 Å². The van der Waals surface area contributed by atoms with E-state index in [1.807, 2.05) is 6.07 Å². The summed E-state index contributed by atoms with van der Waals surface area (Å²) < 4.78 is 39.8. The Morgan fingerprint density at radius 1 is 1.21 bits per heavy atom. The van der Waals surface area contributed by atoms with E-state index in [9.17, 15) is 18.4 Å². The van der Waals surface area contributed by atoms with Crippen molar-refractivity contribution in [1.29, 1.82) is 5.26 Å². The summed E-state index contributed by atoms with van der Waals surface area (Å²) in [5.41, 5.74) is 5.24. The van der Waals surface area contributed by atoms with Crippen LogP contribution in [0.1, 0.15) is 11.1 Å². The summed E-state index contributed by atoms with van der Waals surface area (Å²) in [6, 6.07) is 7.94. The number of halogens is 3. The highest BCUT2D eigenvalue weighted by Gasteiger charge is 2.31. The maximum absolute atomic E-state index is 12.9. The highest BCUT2D eigenvalue weighted by Crippen LogP contribution is 2.34. The van der Waals surface area contributed by atoms with Crippen molar-refractivity contribution in [3.8, 4) is 23.1 Å². The van der Waals surface area contributed by atoms with Crippen LogP contribution in [-0.4, -0.2) is 19.7 Å². The molecule has 1 aromatic carbocycles. The van der Waals surface area contributed by atoms with Crippen molar-refractivity contribution in [2.45, 2.75) is 6.18 Å². The zero-order valence-electron chi connectivity index (χ0n) is 12.0. The Hall–Kier alpha value is -3.41. The second-order valence-corrected chi connectivity index (χ2v) is 4.78. The third-order valence-electron chi connectivity index (χ3n) is 3.28. The molecule has 24 heavy (non-hydrogen) atoms. The van der Waals surface area contributed by atoms with E-state index in [1.54, 1.807) is 0 Å². The number of alkyl halides is 3. The molecule has 0 spiro atoms. The Bertz CT molecular complexity index is 925. The van der Waals surface area contributed by atoms with Gasteiger partial charge in [-0.25, -0.2) is 9.97 Å². The van der Waals surface area contributed by atoms with Crippen LogP contribution >= 0.6 is 0 Å². The first-order valence-electron chi connectivity index (χ1n) is 6.64. The van der Waals surface area contributed by atoms with E-state index in [1.165, 1.54) is 35.4 Å². The molecule has 120 valence electrons. The molecule has 0 bridgehead atoms. The van der Waals surface area contributed by atoms with E-state index in [-0.39, 0.29) is 22.6 Å². The predicted molar refractivity (Wildman–Crippen MR) is 78.7 cm³/mol. The molecule has 9 heteroatoms. The largest absolute Gasteiger partial charge is 0.416 e. The Balaban J connectivity index is 2.18. The van der Waals surface area contributed by atoms with Crippen molar-refractivity contribution in [1.82, 2.24) is 19.7 Å². The number of anilines is 1. The highest BCUT2D eigenvalue weighted by molar-refractivity contribution is 5.74. The lowest BCUT2D eigenvalue weighted by Gasteiger charge is -2.07. The summed E-state index contributed by atoms with van der Waals surface area (Å²) in [7, 11) is 0. The van der Waals surface area contributed by atoms with Gasteiger partial charge >= 0.3 is 6.18 Å². The Morgan fingerprint density at radius 3 is 2.62 bits per heavy atom. The number of nitrogens with zero attached hydrogens (tertiary/aromatic N) is 5. The van der Waals surface area contributed by atoms with Gasteiger partial charge in [-0.1, -0.05) is 12.1 Å². The van der Waals surface area contributed by atoms with E-state index < -0.39 is 11.7 Å². The van der Waals surface area contributed by atoms with Gasteiger partial charge in [-0.3, -0.25) is 0 Å². The normalized spacial score (nSPS) is 11.2. The second-order valence-electron chi connectivity index (χ2n) is 4.78. The van der Waals surface area contributed by atoms with Gasteiger partial charge in [0, 0.05) is 17.8 Å². The monoisotopic (exact) mass is 330 g/mol. The van der Waals surface area contributed by atoms with Crippen LogP contribution in [-0.2, 0) is 6.18 Å². The summed E-state index contributed by atoms with van der Waals surface area (Å²) in [6.45, 7) is 0. The third kappa shape index (κ3) is 2.65. The highest BCUT2D eigenvalue weighted by atomic mass is 19.4. The summed E-state index contributed by atoms with van der Waals surface area (Å²) in [4.78, 5) is 7.73. The molecule has 0 atom stereocenters. The number of aromatic nitrogens is 4. The lowest BCUT2D eigenvalue weighted by molar-refractivity contribution is -0.137. The van der Waals surface area contributed by atoms with Crippen LogP contribution in [0, 0.1) is 11.3 Å². The van der Waals surface area contributed by atoms with E-state index in [4.69, 9.17) is 5.73 Å². The van der Waals surface area contributed by atoms with E-state index in [0.29, 0.717) is 5.82 Å². The quantitative estimate of drug-likeness (QED) is 0.780. The zero-order chi connectivity index (χ0) is 17.3. The molecule has 3 aromatic rings. The SMILES string of the molecule is N#Cc1c(-c2cccc(C(F)(F)F)c2)nn(-c2ccncn2)c1N. The second kappa shape index (κ2) is 5.66. The number of nitrogens with two attached hydrogens (primary N) is 1. The molecule has 2 heterocycles. The van der Waals surface area contributed by atoms with Crippen LogP contribution in [0.25, 0.3) is 17.1 Å². The van der Waals surface area contributed by atoms with Crippen molar-refractivity contribution >= 4 is 5.82 Å². The van der Waals surface area contributed by atoms with Crippen molar-refractivity contribution in [3.05, 3.63) is 54.0 Å².